The quantitative estimate of drug-likeness (QED) is 0.547. The summed E-state index contributed by atoms with van der Waals surface area (Å²) in [6.45, 7) is 2.27. The second-order valence-electron chi connectivity index (χ2n) is 4.48. The van der Waals surface area contributed by atoms with Gasteiger partial charge in [-0.1, -0.05) is 12.1 Å². The SMILES string of the molecule is CC(=O)N[C@@H](Cc1ccc(O)cc1)C(=O)O[Si](C)(O)O. The Morgan fingerprint density at radius 3 is 2.30 bits per heavy atom. The molecule has 1 atom stereocenters. The van der Waals surface area contributed by atoms with Crippen molar-refractivity contribution in [2.75, 3.05) is 0 Å². The predicted molar refractivity (Wildman–Crippen MR) is 71.6 cm³/mol. The number of rotatable bonds is 5. The lowest BCUT2D eigenvalue weighted by Gasteiger charge is -2.20. The number of carbonyl (C=O) groups excluding carboxylic acids is 2. The first kappa shape index (κ1) is 16.2. The molecule has 7 nitrogen and oxygen atoms in total. The number of nitrogens with one attached hydrogen (secondary N) is 1. The minimum absolute atomic E-state index is 0.0816. The van der Waals surface area contributed by atoms with Crippen LogP contribution in [-0.2, 0) is 20.4 Å². The number of amides is 1. The van der Waals surface area contributed by atoms with Gasteiger partial charge in [-0.3, -0.25) is 9.59 Å². The monoisotopic (exact) mass is 299 g/mol. The molecule has 0 saturated heterocycles. The molecule has 0 unspecified atom stereocenters. The van der Waals surface area contributed by atoms with E-state index in [1.54, 1.807) is 12.1 Å². The maximum atomic E-state index is 11.8. The third-order valence-electron chi connectivity index (χ3n) is 2.33. The van der Waals surface area contributed by atoms with E-state index in [4.69, 9.17) is 0 Å². The van der Waals surface area contributed by atoms with E-state index in [9.17, 15) is 24.3 Å². The van der Waals surface area contributed by atoms with Gasteiger partial charge in [0.05, 0.1) is 0 Å². The summed E-state index contributed by atoms with van der Waals surface area (Å²) in [5, 5.41) is 11.6. The maximum Gasteiger partial charge on any atom is 0.559 e. The lowest BCUT2D eigenvalue weighted by molar-refractivity contribution is -0.142. The molecule has 0 aromatic heterocycles. The number of benzene rings is 1. The average molecular weight is 299 g/mol. The summed E-state index contributed by atoms with van der Waals surface area (Å²) >= 11 is 0. The molecule has 20 heavy (non-hydrogen) atoms. The zero-order chi connectivity index (χ0) is 15.3. The first-order valence-electron chi connectivity index (χ1n) is 5.90. The molecule has 0 heterocycles. The van der Waals surface area contributed by atoms with E-state index in [-0.39, 0.29) is 12.2 Å². The van der Waals surface area contributed by atoms with Crippen molar-refractivity contribution < 1.29 is 28.7 Å². The van der Waals surface area contributed by atoms with Crippen molar-refractivity contribution in [1.82, 2.24) is 5.32 Å². The van der Waals surface area contributed by atoms with E-state index in [0.29, 0.717) is 5.56 Å². The minimum Gasteiger partial charge on any atom is -0.508 e. The van der Waals surface area contributed by atoms with E-state index >= 15 is 0 Å². The number of phenols is 1. The van der Waals surface area contributed by atoms with Crippen LogP contribution >= 0.6 is 0 Å². The fraction of sp³-hybridized carbons (Fsp3) is 0.333. The molecule has 0 radical (unpaired) electrons. The lowest BCUT2D eigenvalue weighted by atomic mass is 10.1. The fourth-order valence-corrected chi connectivity index (χ4v) is 2.09. The Labute approximate surface area is 117 Å². The molecule has 0 fully saturated rings. The Morgan fingerprint density at radius 1 is 1.30 bits per heavy atom. The molecule has 0 bridgehead atoms. The van der Waals surface area contributed by atoms with Gasteiger partial charge in [-0.05, 0) is 17.7 Å². The van der Waals surface area contributed by atoms with Crippen LogP contribution in [0.5, 0.6) is 5.75 Å². The van der Waals surface area contributed by atoms with Crippen LogP contribution < -0.4 is 5.32 Å². The highest BCUT2D eigenvalue weighted by molar-refractivity contribution is 6.58. The van der Waals surface area contributed by atoms with Crippen LogP contribution in [0.3, 0.4) is 0 Å². The van der Waals surface area contributed by atoms with Gasteiger partial charge in [-0.25, -0.2) is 0 Å². The summed E-state index contributed by atoms with van der Waals surface area (Å²) in [7, 11) is -4.00. The molecule has 1 rings (SSSR count). The Hall–Kier alpha value is -1.90. The molecule has 1 aromatic rings. The molecular weight excluding hydrogens is 282 g/mol. The van der Waals surface area contributed by atoms with Crippen LogP contribution in [-0.4, -0.2) is 41.4 Å². The van der Waals surface area contributed by atoms with Gasteiger partial charge in [0.15, 0.2) is 0 Å². The van der Waals surface area contributed by atoms with Gasteiger partial charge >= 0.3 is 14.8 Å². The van der Waals surface area contributed by atoms with Gasteiger partial charge in [-0.15, -0.1) is 0 Å². The number of carbonyl (C=O) groups is 2. The van der Waals surface area contributed by atoms with E-state index in [0.717, 1.165) is 6.55 Å². The molecule has 8 heteroatoms. The van der Waals surface area contributed by atoms with Gasteiger partial charge in [0.25, 0.3) is 0 Å². The third kappa shape index (κ3) is 5.82. The lowest BCUT2D eigenvalue weighted by Crippen LogP contribution is -2.48. The van der Waals surface area contributed by atoms with E-state index in [2.05, 4.69) is 9.74 Å². The highest BCUT2D eigenvalue weighted by Crippen LogP contribution is 2.12. The van der Waals surface area contributed by atoms with Crippen LogP contribution in [0.15, 0.2) is 24.3 Å². The molecule has 0 spiro atoms. The van der Waals surface area contributed by atoms with Crippen LogP contribution in [0.4, 0.5) is 0 Å². The number of aromatic hydroxyl groups is 1. The number of hydrogen-bond donors (Lipinski definition) is 4. The van der Waals surface area contributed by atoms with Crippen molar-refractivity contribution in [3.8, 4) is 5.75 Å². The first-order valence-corrected chi connectivity index (χ1v) is 8.20. The smallest absolute Gasteiger partial charge is 0.508 e. The summed E-state index contributed by atoms with van der Waals surface area (Å²) in [6, 6.07) is 5.05. The standard InChI is InChI=1S/C12H17NO6Si/c1-8(14)13-11(12(16)19-20(2,17)18)7-9-3-5-10(15)6-4-9/h3-6,11,15,17-18H,7H2,1-2H3,(H,13,14)/t11-/m0/s1. The number of hydrogen-bond acceptors (Lipinski definition) is 6. The zero-order valence-corrected chi connectivity index (χ0v) is 12.2. The van der Waals surface area contributed by atoms with Gasteiger partial charge < -0.3 is 24.4 Å². The Morgan fingerprint density at radius 2 is 1.85 bits per heavy atom. The molecule has 4 N–H and O–H groups in total. The molecule has 0 saturated carbocycles. The molecule has 110 valence electrons. The largest absolute Gasteiger partial charge is 0.559 e. The highest BCUT2D eigenvalue weighted by atomic mass is 28.4. The first-order chi connectivity index (χ1) is 9.17. The third-order valence-corrected chi connectivity index (χ3v) is 2.92. The van der Waals surface area contributed by atoms with E-state index in [1.807, 2.05) is 0 Å². The average Bonchev–Trinajstić information content (AvgIpc) is 2.28. The predicted octanol–water partition coefficient (Wildman–Crippen LogP) is -0.464. The maximum absolute atomic E-state index is 11.8. The Bertz CT molecular complexity index is 482. The minimum atomic E-state index is -4.00. The summed E-state index contributed by atoms with van der Waals surface area (Å²) in [4.78, 5) is 41.2. The van der Waals surface area contributed by atoms with Crippen LogP contribution in [0.25, 0.3) is 0 Å². The summed E-state index contributed by atoms with van der Waals surface area (Å²) < 4.78 is 4.54. The molecule has 1 aromatic carbocycles. The van der Waals surface area contributed by atoms with Crippen molar-refractivity contribution >= 4 is 20.7 Å². The van der Waals surface area contributed by atoms with Gasteiger partial charge in [0, 0.05) is 19.9 Å². The Kier molecular flexibility index (Phi) is 5.25. The van der Waals surface area contributed by atoms with Crippen molar-refractivity contribution in [1.29, 1.82) is 0 Å². The second kappa shape index (κ2) is 6.50. The summed E-state index contributed by atoms with van der Waals surface area (Å²) in [6.07, 6.45) is 0.114. The highest BCUT2D eigenvalue weighted by Gasteiger charge is 2.33. The molecule has 0 aliphatic rings. The summed E-state index contributed by atoms with van der Waals surface area (Å²) in [5.41, 5.74) is 0.678. The van der Waals surface area contributed by atoms with E-state index in [1.165, 1.54) is 19.1 Å². The molecule has 0 aliphatic carbocycles. The van der Waals surface area contributed by atoms with E-state index < -0.39 is 26.7 Å². The zero-order valence-electron chi connectivity index (χ0n) is 11.2. The van der Waals surface area contributed by atoms with Crippen molar-refractivity contribution in [2.45, 2.75) is 25.9 Å². The van der Waals surface area contributed by atoms with Crippen molar-refractivity contribution in [3.63, 3.8) is 0 Å². The summed E-state index contributed by atoms with van der Waals surface area (Å²) in [5.74, 6) is -1.27. The van der Waals surface area contributed by atoms with Crippen molar-refractivity contribution in [2.24, 2.45) is 0 Å². The van der Waals surface area contributed by atoms with Gasteiger partial charge in [-0.2, -0.15) is 0 Å². The second-order valence-corrected chi connectivity index (χ2v) is 6.55. The Balaban J connectivity index is 2.81. The molecule has 1 amide bonds. The topological polar surface area (TPSA) is 116 Å². The molecular formula is C12H17NO6Si. The normalized spacial score (nSPS) is 12.6. The van der Waals surface area contributed by atoms with Crippen LogP contribution in [0.1, 0.15) is 12.5 Å². The number of phenolic OH excluding ortho intramolecular Hbond substituents is 1. The van der Waals surface area contributed by atoms with Crippen LogP contribution in [0.2, 0.25) is 6.55 Å². The molecule has 0 aliphatic heterocycles. The van der Waals surface area contributed by atoms with Gasteiger partial charge in [0.1, 0.15) is 11.8 Å². The fourth-order valence-electron chi connectivity index (χ4n) is 1.57. The van der Waals surface area contributed by atoms with Gasteiger partial charge in [0.2, 0.25) is 5.91 Å². The van der Waals surface area contributed by atoms with Crippen LogP contribution in [0, 0.1) is 0 Å². The van der Waals surface area contributed by atoms with Crippen molar-refractivity contribution in [3.05, 3.63) is 29.8 Å².